The summed E-state index contributed by atoms with van der Waals surface area (Å²) in [6, 6.07) is 15.9. The van der Waals surface area contributed by atoms with E-state index in [1.54, 1.807) is 49.0 Å². The molecular formula is C24H26N4O5. The van der Waals surface area contributed by atoms with Gasteiger partial charge in [-0.3, -0.25) is 23.9 Å². The number of nitrogens with zero attached hydrogens (tertiary/aromatic N) is 2. The average Bonchev–Trinajstić information content (AvgIpc) is 3.01. The molecule has 2 amide bonds. The van der Waals surface area contributed by atoms with E-state index in [0.29, 0.717) is 16.9 Å². The van der Waals surface area contributed by atoms with Gasteiger partial charge in [0.1, 0.15) is 12.2 Å². The highest BCUT2D eigenvalue weighted by Crippen LogP contribution is 2.14. The number of carbonyl (C=O) groups is 3. The molecule has 172 valence electrons. The minimum absolute atomic E-state index is 0.0991. The lowest BCUT2D eigenvalue weighted by Gasteiger charge is -2.13. The molecule has 0 radical (unpaired) electrons. The van der Waals surface area contributed by atoms with E-state index < -0.39 is 36.0 Å². The van der Waals surface area contributed by atoms with Gasteiger partial charge in [-0.05, 0) is 45.0 Å². The molecule has 0 bridgehead atoms. The summed E-state index contributed by atoms with van der Waals surface area (Å²) in [5, 5.41) is 5.02. The van der Waals surface area contributed by atoms with Crippen LogP contribution in [0.25, 0.3) is 5.69 Å². The van der Waals surface area contributed by atoms with E-state index >= 15 is 0 Å². The molecule has 9 heteroatoms. The quantitative estimate of drug-likeness (QED) is 0.536. The highest BCUT2D eigenvalue weighted by molar-refractivity contribution is 5.97. The lowest BCUT2D eigenvalue weighted by molar-refractivity contribution is -0.152. The molecule has 0 aliphatic heterocycles. The van der Waals surface area contributed by atoms with Crippen LogP contribution in [0.1, 0.15) is 28.5 Å². The van der Waals surface area contributed by atoms with Crippen molar-refractivity contribution < 1.29 is 19.1 Å². The maximum Gasteiger partial charge on any atom is 0.326 e. The molecule has 0 saturated carbocycles. The Hall–Kier alpha value is -4.14. The molecular weight excluding hydrogens is 424 g/mol. The van der Waals surface area contributed by atoms with Gasteiger partial charge in [-0.2, -0.15) is 0 Å². The Bertz CT molecular complexity index is 1240. The van der Waals surface area contributed by atoms with Crippen LogP contribution >= 0.6 is 0 Å². The SMILES string of the molecule is Cc1cccc(C(=O)NCC(=O)OC(C)C(=O)Nc2c(C)n(C)n(-c3ccccc3)c2=O)c1. The molecule has 3 rings (SSSR count). The number of aromatic nitrogens is 2. The summed E-state index contributed by atoms with van der Waals surface area (Å²) in [4.78, 5) is 49.7. The van der Waals surface area contributed by atoms with Gasteiger partial charge < -0.3 is 15.4 Å². The van der Waals surface area contributed by atoms with Gasteiger partial charge in [0.05, 0.1) is 11.4 Å². The lowest BCUT2D eigenvalue weighted by atomic mass is 10.1. The molecule has 0 saturated heterocycles. The van der Waals surface area contributed by atoms with Crippen molar-refractivity contribution >= 4 is 23.5 Å². The van der Waals surface area contributed by atoms with E-state index in [-0.39, 0.29) is 5.69 Å². The summed E-state index contributed by atoms with van der Waals surface area (Å²) in [6.45, 7) is 4.56. The van der Waals surface area contributed by atoms with Crippen molar-refractivity contribution in [1.29, 1.82) is 0 Å². The van der Waals surface area contributed by atoms with Crippen molar-refractivity contribution in [2.45, 2.75) is 26.9 Å². The number of ether oxygens (including phenoxy) is 1. The molecule has 1 aromatic heterocycles. The normalized spacial score (nSPS) is 11.5. The Morgan fingerprint density at radius 1 is 1.03 bits per heavy atom. The van der Waals surface area contributed by atoms with Crippen molar-refractivity contribution in [3.05, 3.63) is 81.8 Å². The maximum absolute atomic E-state index is 12.9. The van der Waals surface area contributed by atoms with Crippen LogP contribution in [0.15, 0.2) is 59.4 Å². The van der Waals surface area contributed by atoms with Crippen LogP contribution < -0.4 is 16.2 Å². The van der Waals surface area contributed by atoms with Gasteiger partial charge >= 0.3 is 5.97 Å². The zero-order valence-electron chi connectivity index (χ0n) is 18.9. The summed E-state index contributed by atoms with van der Waals surface area (Å²) < 4.78 is 8.18. The molecule has 1 heterocycles. The van der Waals surface area contributed by atoms with Crippen molar-refractivity contribution in [3.63, 3.8) is 0 Å². The lowest BCUT2D eigenvalue weighted by Crippen LogP contribution is -2.36. The second-order valence-corrected chi connectivity index (χ2v) is 7.61. The van der Waals surface area contributed by atoms with Crippen molar-refractivity contribution in [2.24, 2.45) is 7.05 Å². The molecule has 0 fully saturated rings. The van der Waals surface area contributed by atoms with Gasteiger partial charge in [0.25, 0.3) is 17.4 Å². The molecule has 1 unspecified atom stereocenters. The van der Waals surface area contributed by atoms with E-state index in [4.69, 9.17) is 4.74 Å². The summed E-state index contributed by atoms with van der Waals surface area (Å²) >= 11 is 0. The third-order valence-corrected chi connectivity index (χ3v) is 5.15. The number of hydrogen-bond donors (Lipinski definition) is 2. The fourth-order valence-electron chi connectivity index (χ4n) is 3.27. The number of rotatable bonds is 7. The third kappa shape index (κ3) is 5.38. The number of carbonyl (C=O) groups excluding carboxylic acids is 3. The zero-order chi connectivity index (χ0) is 24.1. The first-order chi connectivity index (χ1) is 15.7. The largest absolute Gasteiger partial charge is 0.451 e. The Morgan fingerprint density at radius 3 is 2.39 bits per heavy atom. The van der Waals surface area contributed by atoms with E-state index in [1.165, 1.54) is 11.6 Å². The number of anilines is 1. The molecule has 0 aliphatic carbocycles. The average molecular weight is 450 g/mol. The van der Waals surface area contributed by atoms with Gasteiger partial charge in [0.15, 0.2) is 6.10 Å². The predicted molar refractivity (Wildman–Crippen MR) is 123 cm³/mol. The van der Waals surface area contributed by atoms with Crippen LogP contribution in [-0.4, -0.2) is 39.8 Å². The number of para-hydroxylation sites is 1. The Balaban J connectivity index is 1.61. The summed E-state index contributed by atoms with van der Waals surface area (Å²) in [5.41, 5.74) is 2.22. The van der Waals surface area contributed by atoms with Crippen LogP contribution in [0.2, 0.25) is 0 Å². The Kier molecular flexibility index (Phi) is 7.12. The van der Waals surface area contributed by atoms with E-state index in [9.17, 15) is 19.2 Å². The van der Waals surface area contributed by atoms with Gasteiger partial charge in [0.2, 0.25) is 0 Å². The Morgan fingerprint density at radius 2 is 1.73 bits per heavy atom. The molecule has 0 aliphatic rings. The first-order valence-corrected chi connectivity index (χ1v) is 10.4. The van der Waals surface area contributed by atoms with E-state index in [1.807, 2.05) is 31.2 Å². The first-order valence-electron chi connectivity index (χ1n) is 10.4. The number of esters is 1. The summed E-state index contributed by atoms with van der Waals surface area (Å²) in [6.07, 6.45) is -1.17. The molecule has 33 heavy (non-hydrogen) atoms. The smallest absolute Gasteiger partial charge is 0.326 e. The second-order valence-electron chi connectivity index (χ2n) is 7.61. The summed E-state index contributed by atoms with van der Waals surface area (Å²) in [7, 11) is 1.71. The van der Waals surface area contributed by atoms with Crippen molar-refractivity contribution in [2.75, 3.05) is 11.9 Å². The number of aryl methyl sites for hydroxylation is 1. The zero-order valence-corrected chi connectivity index (χ0v) is 18.9. The van der Waals surface area contributed by atoms with Crippen molar-refractivity contribution in [3.8, 4) is 5.69 Å². The summed E-state index contributed by atoms with van der Waals surface area (Å²) in [5.74, 6) is -1.85. The standard InChI is InChI=1S/C24H26N4O5/c1-15-9-8-10-18(13-15)23(31)25-14-20(29)33-17(3)22(30)26-21-16(2)27(4)28(24(21)32)19-11-6-5-7-12-19/h5-13,17H,14H2,1-4H3,(H,25,31)(H,26,30). The van der Waals surface area contributed by atoms with Crippen LogP contribution in [-0.2, 0) is 21.4 Å². The van der Waals surface area contributed by atoms with Gasteiger partial charge in [0, 0.05) is 12.6 Å². The molecule has 2 N–H and O–H groups in total. The number of amides is 2. The highest BCUT2D eigenvalue weighted by Gasteiger charge is 2.23. The van der Waals surface area contributed by atoms with Crippen LogP contribution in [0.5, 0.6) is 0 Å². The topological polar surface area (TPSA) is 111 Å². The molecule has 0 spiro atoms. The van der Waals surface area contributed by atoms with Crippen LogP contribution in [0.3, 0.4) is 0 Å². The van der Waals surface area contributed by atoms with Gasteiger partial charge in [-0.25, -0.2) is 4.68 Å². The predicted octanol–water partition coefficient (Wildman–Crippen LogP) is 2.09. The van der Waals surface area contributed by atoms with E-state index in [0.717, 1.165) is 5.56 Å². The third-order valence-electron chi connectivity index (χ3n) is 5.15. The molecule has 9 nitrogen and oxygen atoms in total. The van der Waals surface area contributed by atoms with Crippen LogP contribution in [0.4, 0.5) is 5.69 Å². The minimum atomic E-state index is -1.17. The van der Waals surface area contributed by atoms with Crippen LogP contribution in [0, 0.1) is 13.8 Å². The molecule has 1 atom stereocenters. The fraction of sp³-hybridized carbons (Fsp3) is 0.250. The monoisotopic (exact) mass is 450 g/mol. The second kappa shape index (κ2) is 9.99. The highest BCUT2D eigenvalue weighted by atomic mass is 16.5. The molecule has 2 aromatic carbocycles. The first kappa shape index (κ1) is 23.5. The Labute approximate surface area is 191 Å². The van der Waals surface area contributed by atoms with Gasteiger partial charge in [-0.15, -0.1) is 0 Å². The number of benzene rings is 2. The van der Waals surface area contributed by atoms with Gasteiger partial charge in [-0.1, -0.05) is 35.9 Å². The van der Waals surface area contributed by atoms with E-state index in [2.05, 4.69) is 10.6 Å². The number of nitrogens with one attached hydrogen (secondary N) is 2. The fourth-order valence-corrected chi connectivity index (χ4v) is 3.27. The number of hydrogen-bond acceptors (Lipinski definition) is 5. The van der Waals surface area contributed by atoms with Crippen molar-refractivity contribution in [1.82, 2.24) is 14.7 Å². The maximum atomic E-state index is 12.9. The minimum Gasteiger partial charge on any atom is -0.451 e. The molecule has 3 aromatic rings.